The predicted molar refractivity (Wildman–Crippen MR) is 94.8 cm³/mol. The maximum Gasteiger partial charge on any atom is 0.325 e. The number of hydrogen-bond donors (Lipinski definition) is 2. The van der Waals surface area contributed by atoms with Crippen LogP contribution in [0.4, 0.5) is 19.3 Å². The molecule has 1 saturated carbocycles. The number of nitrogens with zero attached hydrogens (tertiary/aromatic N) is 1. The van der Waals surface area contributed by atoms with Crippen molar-refractivity contribution >= 4 is 23.5 Å². The highest BCUT2D eigenvalue weighted by Crippen LogP contribution is 2.46. The second kappa shape index (κ2) is 6.58. The number of anilines is 1. The van der Waals surface area contributed by atoms with Crippen molar-refractivity contribution < 1.29 is 23.2 Å². The number of amides is 4. The van der Waals surface area contributed by atoms with E-state index in [9.17, 15) is 23.2 Å². The van der Waals surface area contributed by atoms with Gasteiger partial charge in [0.25, 0.3) is 5.91 Å². The molecule has 1 aliphatic carbocycles. The Balaban J connectivity index is 1.75. The highest BCUT2D eigenvalue weighted by atomic mass is 19.1. The summed E-state index contributed by atoms with van der Waals surface area (Å²) in [5.41, 5.74) is -1.76. The van der Waals surface area contributed by atoms with Crippen LogP contribution in [0, 0.1) is 23.0 Å². The lowest BCUT2D eigenvalue weighted by atomic mass is 9.64. The molecular formula is C19H23F2N3O3. The summed E-state index contributed by atoms with van der Waals surface area (Å²) in [6.07, 6.45) is 1.92. The number of carbonyl (C=O) groups excluding carboxylic acids is 3. The van der Waals surface area contributed by atoms with Crippen molar-refractivity contribution in [2.45, 2.75) is 45.6 Å². The Bertz CT molecular complexity index is 791. The summed E-state index contributed by atoms with van der Waals surface area (Å²) in [6, 6.07) is 2.53. The Labute approximate surface area is 156 Å². The molecule has 1 aliphatic heterocycles. The summed E-state index contributed by atoms with van der Waals surface area (Å²) >= 11 is 0. The SMILES string of the molecule is C[C@H]1CC(C)(C)C[C@]2(C1)NC(=O)N(CC(=O)Nc1c(F)cccc1F)C2=O. The lowest BCUT2D eigenvalue weighted by molar-refractivity contribution is -0.136. The van der Waals surface area contributed by atoms with E-state index in [4.69, 9.17) is 0 Å². The minimum absolute atomic E-state index is 0.130. The van der Waals surface area contributed by atoms with Crippen LogP contribution < -0.4 is 10.6 Å². The monoisotopic (exact) mass is 379 g/mol. The lowest BCUT2D eigenvalue weighted by Gasteiger charge is -2.43. The van der Waals surface area contributed by atoms with E-state index in [0.717, 1.165) is 23.5 Å². The maximum atomic E-state index is 13.7. The summed E-state index contributed by atoms with van der Waals surface area (Å²) in [7, 11) is 0. The number of benzene rings is 1. The van der Waals surface area contributed by atoms with Crippen molar-refractivity contribution in [3.8, 4) is 0 Å². The van der Waals surface area contributed by atoms with Gasteiger partial charge in [-0.15, -0.1) is 0 Å². The summed E-state index contributed by atoms with van der Waals surface area (Å²) in [5, 5.41) is 4.86. The second-order valence-electron chi connectivity index (χ2n) is 8.40. The topological polar surface area (TPSA) is 78.5 Å². The second-order valence-corrected chi connectivity index (χ2v) is 8.40. The molecule has 6 nitrogen and oxygen atoms in total. The van der Waals surface area contributed by atoms with Gasteiger partial charge in [0.1, 0.15) is 29.4 Å². The molecular weight excluding hydrogens is 356 g/mol. The van der Waals surface area contributed by atoms with Gasteiger partial charge in [0.05, 0.1) is 0 Å². The minimum atomic E-state index is -1.03. The molecule has 27 heavy (non-hydrogen) atoms. The number of hydrogen-bond acceptors (Lipinski definition) is 3. The Morgan fingerprint density at radius 2 is 1.89 bits per heavy atom. The summed E-state index contributed by atoms with van der Waals surface area (Å²) < 4.78 is 27.4. The van der Waals surface area contributed by atoms with Crippen LogP contribution in [0.3, 0.4) is 0 Å². The number of nitrogens with one attached hydrogen (secondary N) is 2. The fourth-order valence-electron chi connectivity index (χ4n) is 4.59. The molecule has 1 saturated heterocycles. The first-order valence-corrected chi connectivity index (χ1v) is 8.91. The van der Waals surface area contributed by atoms with Gasteiger partial charge in [0.2, 0.25) is 5.91 Å². The third kappa shape index (κ3) is 3.65. The van der Waals surface area contributed by atoms with Crippen LogP contribution in [-0.4, -0.2) is 34.8 Å². The quantitative estimate of drug-likeness (QED) is 0.793. The molecule has 2 aliphatic rings. The zero-order valence-corrected chi connectivity index (χ0v) is 15.6. The van der Waals surface area contributed by atoms with Crippen LogP contribution in [0.2, 0.25) is 0 Å². The van der Waals surface area contributed by atoms with Crippen molar-refractivity contribution in [1.82, 2.24) is 10.2 Å². The summed E-state index contributed by atoms with van der Waals surface area (Å²) in [6.45, 7) is 5.51. The van der Waals surface area contributed by atoms with E-state index >= 15 is 0 Å². The molecule has 1 aromatic rings. The van der Waals surface area contributed by atoms with E-state index < -0.39 is 47.3 Å². The number of imide groups is 1. The normalized spacial score (nSPS) is 27.0. The maximum absolute atomic E-state index is 13.7. The molecule has 4 amide bonds. The molecule has 1 aromatic carbocycles. The molecule has 0 aromatic heterocycles. The molecule has 2 fully saturated rings. The van der Waals surface area contributed by atoms with Crippen molar-refractivity contribution in [3.05, 3.63) is 29.8 Å². The van der Waals surface area contributed by atoms with E-state index in [0.29, 0.717) is 12.8 Å². The minimum Gasteiger partial charge on any atom is -0.323 e. The Kier molecular flexibility index (Phi) is 4.69. The first-order chi connectivity index (χ1) is 12.5. The first-order valence-electron chi connectivity index (χ1n) is 8.91. The van der Waals surface area contributed by atoms with E-state index in [1.807, 2.05) is 20.8 Å². The van der Waals surface area contributed by atoms with Crippen LogP contribution in [0.15, 0.2) is 18.2 Å². The van der Waals surface area contributed by atoms with E-state index in [2.05, 4.69) is 10.6 Å². The largest absolute Gasteiger partial charge is 0.325 e. The standard InChI is InChI=1S/C19H23F2N3O3/c1-11-7-18(2,3)10-19(8-11)16(26)24(17(27)23-19)9-14(25)22-15-12(20)5-4-6-13(15)21/h4-6,11H,7-10H2,1-3H3,(H,22,25)(H,23,27)/t11-,19-/m0/s1. The highest BCUT2D eigenvalue weighted by molar-refractivity contribution is 6.10. The lowest BCUT2D eigenvalue weighted by Crippen LogP contribution is -2.54. The number of halogens is 2. The van der Waals surface area contributed by atoms with Gasteiger partial charge in [-0.25, -0.2) is 13.6 Å². The van der Waals surface area contributed by atoms with Crippen molar-refractivity contribution in [1.29, 1.82) is 0 Å². The molecule has 2 atom stereocenters. The molecule has 8 heteroatoms. The van der Waals surface area contributed by atoms with Gasteiger partial charge in [-0.1, -0.05) is 26.8 Å². The van der Waals surface area contributed by atoms with E-state index in [1.54, 1.807) is 0 Å². The molecule has 0 radical (unpaired) electrons. The van der Waals surface area contributed by atoms with Gasteiger partial charge in [-0.3, -0.25) is 14.5 Å². The number of para-hydroxylation sites is 1. The zero-order valence-electron chi connectivity index (χ0n) is 15.6. The van der Waals surface area contributed by atoms with E-state index in [1.165, 1.54) is 6.07 Å². The average Bonchev–Trinajstić information content (AvgIpc) is 2.72. The molecule has 2 N–H and O–H groups in total. The van der Waals surface area contributed by atoms with E-state index in [-0.39, 0.29) is 11.3 Å². The van der Waals surface area contributed by atoms with Gasteiger partial charge in [0.15, 0.2) is 0 Å². The third-order valence-corrected chi connectivity index (χ3v) is 5.15. The van der Waals surface area contributed by atoms with Crippen LogP contribution in [-0.2, 0) is 9.59 Å². The van der Waals surface area contributed by atoms with Crippen LogP contribution in [0.1, 0.15) is 40.0 Å². The number of rotatable bonds is 3. The summed E-state index contributed by atoms with van der Waals surface area (Å²) in [5.74, 6) is -2.93. The Morgan fingerprint density at radius 1 is 1.26 bits per heavy atom. The molecule has 1 heterocycles. The predicted octanol–water partition coefficient (Wildman–Crippen LogP) is 3.04. The molecule has 0 unspecified atom stereocenters. The van der Waals surface area contributed by atoms with Gasteiger partial charge in [-0.2, -0.15) is 0 Å². The fraction of sp³-hybridized carbons (Fsp3) is 0.526. The smallest absolute Gasteiger partial charge is 0.323 e. The first kappa shape index (κ1) is 19.3. The number of carbonyl (C=O) groups is 3. The van der Waals surface area contributed by atoms with Gasteiger partial charge in [0, 0.05) is 0 Å². The molecule has 1 spiro atoms. The fourth-order valence-corrected chi connectivity index (χ4v) is 4.59. The highest BCUT2D eigenvalue weighted by Gasteiger charge is 2.56. The van der Waals surface area contributed by atoms with Crippen LogP contribution in [0.25, 0.3) is 0 Å². The van der Waals surface area contributed by atoms with Crippen LogP contribution in [0.5, 0.6) is 0 Å². The average molecular weight is 379 g/mol. The Hall–Kier alpha value is -2.51. The molecule has 0 bridgehead atoms. The van der Waals surface area contributed by atoms with Gasteiger partial charge in [-0.05, 0) is 42.7 Å². The summed E-state index contributed by atoms with van der Waals surface area (Å²) in [4.78, 5) is 38.4. The molecule has 146 valence electrons. The van der Waals surface area contributed by atoms with Crippen LogP contribution >= 0.6 is 0 Å². The number of urea groups is 1. The Morgan fingerprint density at radius 3 is 2.48 bits per heavy atom. The third-order valence-electron chi connectivity index (χ3n) is 5.15. The van der Waals surface area contributed by atoms with Crippen molar-refractivity contribution in [2.75, 3.05) is 11.9 Å². The van der Waals surface area contributed by atoms with Crippen molar-refractivity contribution in [2.24, 2.45) is 11.3 Å². The van der Waals surface area contributed by atoms with Crippen molar-refractivity contribution in [3.63, 3.8) is 0 Å². The molecule has 3 rings (SSSR count). The van der Waals surface area contributed by atoms with Gasteiger partial charge >= 0.3 is 6.03 Å². The zero-order chi connectivity index (χ0) is 20.0. The van der Waals surface area contributed by atoms with Gasteiger partial charge < -0.3 is 10.6 Å².